The third kappa shape index (κ3) is 11.2. The standard InChI is InChI=1S/C27H44N4OS/c1-2-3-4-5-6-7-8-9-10-11-12-13-14-15-16-20-23-33-27-30-29-25(26(32)31(27)28)24-21-18-17-19-22-24/h17-19,21-22H,2-16,20,23,28H2,1H3. The van der Waals surface area contributed by atoms with Crippen LogP contribution in [0.5, 0.6) is 0 Å². The maximum absolute atomic E-state index is 12.5. The summed E-state index contributed by atoms with van der Waals surface area (Å²) in [6.07, 6.45) is 21.8. The van der Waals surface area contributed by atoms with E-state index >= 15 is 0 Å². The predicted octanol–water partition coefficient (Wildman–Crippen LogP) is 7.37. The molecule has 0 amide bonds. The van der Waals surface area contributed by atoms with Gasteiger partial charge in [0.2, 0.25) is 5.16 Å². The summed E-state index contributed by atoms with van der Waals surface area (Å²) >= 11 is 1.52. The number of benzene rings is 1. The second-order valence-electron chi connectivity index (χ2n) is 9.02. The van der Waals surface area contributed by atoms with E-state index in [0.29, 0.717) is 10.9 Å². The smallest absolute Gasteiger partial charge is 0.299 e. The summed E-state index contributed by atoms with van der Waals surface area (Å²) in [6.45, 7) is 2.28. The van der Waals surface area contributed by atoms with E-state index in [1.54, 1.807) is 0 Å². The van der Waals surface area contributed by atoms with Gasteiger partial charge in [0.25, 0.3) is 5.56 Å². The fourth-order valence-corrected chi connectivity index (χ4v) is 4.93. The van der Waals surface area contributed by atoms with Crippen LogP contribution in [0.2, 0.25) is 0 Å². The van der Waals surface area contributed by atoms with Gasteiger partial charge in [0.15, 0.2) is 5.69 Å². The molecule has 2 aromatic rings. The summed E-state index contributed by atoms with van der Waals surface area (Å²) in [5, 5.41) is 8.78. The summed E-state index contributed by atoms with van der Waals surface area (Å²) in [4.78, 5) is 12.5. The molecule has 0 radical (unpaired) electrons. The van der Waals surface area contributed by atoms with Gasteiger partial charge < -0.3 is 5.84 Å². The highest BCUT2D eigenvalue weighted by molar-refractivity contribution is 7.99. The Morgan fingerprint density at radius 1 is 0.727 bits per heavy atom. The van der Waals surface area contributed by atoms with Crippen LogP contribution in [0.4, 0.5) is 0 Å². The lowest BCUT2D eigenvalue weighted by atomic mass is 10.0. The molecule has 0 atom stereocenters. The van der Waals surface area contributed by atoms with Crippen LogP contribution in [-0.2, 0) is 0 Å². The van der Waals surface area contributed by atoms with E-state index in [1.807, 2.05) is 30.3 Å². The first-order valence-corrected chi connectivity index (χ1v) is 14.2. The molecule has 0 spiro atoms. The Kier molecular flexibility index (Phi) is 14.7. The monoisotopic (exact) mass is 472 g/mol. The second-order valence-corrected chi connectivity index (χ2v) is 10.1. The summed E-state index contributed by atoms with van der Waals surface area (Å²) in [6, 6.07) is 9.33. The average molecular weight is 473 g/mol. The molecule has 1 heterocycles. The number of aromatic nitrogens is 3. The average Bonchev–Trinajstić information content (AvgIpc) is 2.84. The maximum atomic E-state index is 12.5. The molecule has 0 saturated carbocycles. The van der Waals surface area contributed by atoms with Crippen molar-refractivity contribution < 1.29 is 0 Å². The Morgan fingerprint density at radius 3 is 1.73 bits per heavy atom. The van der Waals surface area contributed by atoms with Gasteiger partial charge in [-0.25, -0.2) is 0 Å². The van der Waals surface area contributed by atoms with Gasteiger partial charge in [0.05, 0.1) is 0 Å². The molecule has 6 heteroatoms. The fourth-order valence-electron chi connectivity index (χ4n) is 4.07. The van der Waals surface area contributed by atoms with Crippen molar-refractivity contribution in [2.24, 2.45) is 0 Å². The number of nitrogens with zero attached hydrogens (tertiary/aromatic N) is 3. The van der Waals surface area contributed by atoms with Crippen molar-refractivity contribution >= 4 is 11.8 Å². The molecule has 0 saturated heterocycles. The zero-order chi connectivity index (χ0) is 23.6. The zero-order valence-electron chi connectivity index (χ0n) is 20.6. The van der Waals surface area contributed by atoms with Gasteiger partial charge in [-0.2, -0.15) is 4.68 Å². The Morgan fingerprint density at radius 2 is 1.21 bits per heavy atom. The molecule has 1 aromatic carbocycles. The van der Waals surface area contributed by atoms with Crippen LogP contribution in [-0.4, -0.2) is 20.6 Å². The highest BCUT2D eigenvalue weighted by Gasteiger charge is 2.12. The summed E-state index contributed by atoms with van der Waals surface area (Å²) < 4.78 is 1.13. The molecule has 5 nitrogen and oxygen atoms in total. The number of unbranched alkanes of at least 4 members (excludes halogenated alkanes) is 15. The largest absolute Gasteiger partial charge is 0.334 e. The van der Waals surface area contributed by atoms with Gasteiger partial charge in [-0.15, -0.1) is 10.2 Å². The lowest BCUT2D eigenvalue weighted by Crippen LogP contribution is -2.32. The van der Waals surface area contributed by atoms with Crippen molar-refractivity contribution in [3.05, 3.63) is 40.7 Å². The minimum Gasteiger partial charge on any atom is -0.334 e. The highest BCUT2D eigenvalue weighted by Crippen LogP contribution is 2.18. The van der Waals surface area contributed by atoms with Crippen LogP contribution in [0, 0.1) is 0 Å². The number of nitrogens with two attached hydrogens (primary N) is 1. The molecule has 0 unspecified atom stereocenters. The van der Waals surface area contributed by atoms with E-state index in [0.717, 1.165) is 22.4 Å². The zero-order valence-corrected chi connectivity index (χ0v) is 21.5. The molecule has 184 valence electrons. The predicted molar refractivity (Wildman–Crippen MR) is 142 cm³/mol. The number of thioether (sulfide) groups is 1. The molecule has 2 rings (SSSR count). The third-order valence-corrected chi connectivity index (χ3v) is 7.17. The first-order valence-electron chi connectivity index (χ1n) is 13.2. The van der Waals surface area contributed by atoms with Crippen LogP contribution in [0.25, 0.3) is 11.3 Å². The lowest BCUT2D eigenvalue weighted by molar-refractivity contribution is 0.531. The van der Waals surface area contributed by atoms with Crippen molar-refractivity contribution in [2.75, 3.05) is 11.6 Å². The molecular formula is C27H44N4OS. The molecule has 0 aliphatic heterocycles. The molecule has 0 aliphatic rings. The summed E-state index contributed by atoms with van der Waals surface area (Å²) in [7, 11) is 0. The number of rotatable bonds is 19. The number of hydrogen-bond acceptors (Lipinski definition) is 5. The van der Waals surface area contributed by atoms with Crippen molar-refractivity contribution in [3.63, 3.8) is 0 Å². The minimum atomic E-state index is -0.300. The third-order valence-electron chi connectivity index (χ3n) is 6.14. The van der Waals surface area contributed by atoms with Crippen LogP contribution in [0.1, 0.15) is 110 Å². The van der Waals surface area contributed by atoms with E-state index in [9.17, 15) is 4.79 Å². The number of nitrogen functional groups attached to an aromatic ring is 1. The highest BCUT2D eigenvalue weighted by atomic mass is 32.2. The van der Waals surface area contributed by atoms with E-state index < -0.39 is 0 Å². The number of hydrogen-bond donors (Lipinski definition) is 1. The van der Waals surface area contributed by atoms with Crippen LogP contribution < -0.4 is 11.4 Å². The summed E-state index contributed by atoms with van der Waals surface area (Å²) in [5.74, 6) is 6.88. The van der Waals surface area contributed by atoms with Crippen molar-refractivity contribution in [3.8, 4) is 11.3 Å². The fraction of sp³-hybridized carbons (Fsp3) is 0.667. The SMILES string of the molecule is CCCCCCCCCCCCCCCCCCSc1nnc(-c2ccccc2)c(=O)n1N. The Bertz CT molecular complexity index is 810. The minimum absolute atomic E-state index is 0.296. The lowest BCUT2D eigenvalue weighted by Gasteiger charge is -2.07. The van der Waals surface area contributed by atoms with E-state index in [2.05, 4.69) is 17.1 Å². The normalized spacial score (nSPS) is 11.2. The van der Waals surface area contributed by atoms with E-state index in [1.165, 1.54) is 108 Å². The van der Waals surface area contributed by atoms with Crippen LogP contribution in [0.15, 0.2) is 40.3 Å². The van der Waals surface area contributed by atoms with E-state index in [-0.39, 0.29) is 5.56 Å². The van der Waals surface area contributed by atoms with Crippen molar-refractivity contribution in [1.29, 1.82) is 0 Å². The Balaban J connectivity index is 1.45. The molecule has 0 bridgehead atoms. The van der Waals surface area contributed by atoms with Gasteiger partial charge in [-0.05, 0) is 6.42 Å². The molecular weight excluding hydrogens is 428 g/mol. The molecule has 0 fully saturated rings. The second kappa shape index (κ2) is 17.6. The Hall–Kier alpha value is -1.82. The van der Waals surface area contributed by atoms with Crippen LogP contribution >= 0.6 is 11.8 Å². The first kappa shape index (κ1) is 27.4. The molecule has 0 aliphatic carbocycles. The maximum Gasteiger partial charge on any atom is 0.299 e. The van der Waals surface area contributed by atoms with Gasteiger partial charge >= 0.3 is 0 Å². The quantitative estimate of drug-likeness (QED) is 0.131. The molecule has 33 heavy (non-hydrogen) atoms. The van der Waals surface area contributed by atoms with Gasteiger partial charge in [-0.3, -0.25) is 4.79 Å². The van der Waals surface area contributed by atoms with Gasteiger partial charge in [-0.1, -0.05) is 145 Å². The van der Waals surface area contributed by atoms with Crippen molar-refractivity contribution in [2.45, 2.75) is 115 Å². The van der Waals surface area contributed by atoms with Crippen molar-refractivity contribution in [1.82, 2.24) is 14.9 Å². The van der Waals surface area contributed by atoms with E-state index in [4.69, 9.17) is 5.84 Å². The van der Waals surface area contributed by atoms with Gasteiger partial charge in [0.1, 0.15) is 0 Å². The molecule has 1 aromatic heterocycles. The van der Waals surface area contributed by atoms with Crippen LogP contribution in [0.3, 0.4) is 0 Å². The Labute approximate surface area is 204 Å². The molecule has 2 N–H and O–H groups in total. The van der Waals surface area contributed by atoms with Gasteiger partial charge in [0, 0.05) is 11.3 Å². The topological polar surface area (TPSA) is 73.8 Å². The summed E-state index contributed by atoms with van der Waals surface area (Å²) in [5.41, 5.74) is 0.735. The first-order chi connectivity index (χ1) is 16.2.